The van der Waals surface area contributed by atoms with Gasteiger partial charge in [0.05, 0.1) is 12.1 Å². The molecule has 2 heterocycles. The first kappa shape index (κ1) is 40.3. The molecular formula is C37H64N6O6. The van der Waals surface area contributed by atoms with E-state index in [-0.39, 0.29) is 41.0 Å². The molecule has 0 bridgehead atoms. The molecule has 2 aliphatic heterocycles. The first-order valence-electron chi connectivity index (χ1n) is 19.0. The number of hydrogen-bond donors (Lipinski definition) is 4. The number of likely N-dealkylation sites (tertiary alicyclic amines) is 2. The Hall–Kier alpha value is -3.18. The number of carbonyl (C=O) groups is 6. The zero-order valence-electron chi connectivity index (χ0n) is 31.2. The molecule has 0 aromatic carbocycles. The molecule has 12 heteroatoms. The Morgan fingerprint density at radius 3 is 2.16 bits per heavy atom. The van der Waals surface area contributed by atoms with Gasteiger partial charge in [0.2, 0.25) is 23.5 Å². The van der Waals surface area contributed by atoms with Crippen LogP contribution in [0.2, 0.25) is 0 Å². The van der Waals surface area contributed by atoms with Crippen molar-refractivity contribution in [1.82, 2.24) is 31.1 Å². The highest BCUT2D eigenvalue weighted by molar-refractivity contribution is 6.38. The van der Waals surface area contributed by atoms with Crippen molar-refractivity contribution in [3.8, 4) is 0 Å². The van der Waals surface area contributed by atoms with Crippen LogP contribution in [0.1, 0.15) is 126 Å². The average molecular weight is 689 g/mol. The lowest BCUT2D eigenvalue weighted by Crippen LogP contribution is -2.61. The summed E-state index contributed by atoms with van der Waals surface area (Å²) in [6, 6.07) is -3.44. The quantitative estimate of drug-likeness (QED) is 0.191. The number of rotatable bonds is 15. The summed E-state index contributed by atoms with van der Waals surface area (Å²) in [6.45, 7) is 15.6. The number of ketones is 1. The van der Waals surface area contributed by atoms with Crippen molar-refractivity contribution in [3.63, 3.8) is 0 Å². The summed E-state index contributed by atoms with van der Waals surface area (Å²) >= 11 is 0. The fourth-order valence-corrected chi connectivity index (χ4v) is 7.62. The van der Waals surface area contributed by atoms with E-state index in [4.69, 9.17) is 0 Å². The van der Waals surface area contributed by atoms with E-state index in [9.17, 15) is 28.8 Å². The second-order valence-corrected chi connectivity index (χ2v) is 15.8. The maximum Gasteiger partial charge on any atom is 0.315 e. The van der Waals surface area contributed by atoms with Crippen LogP contribution in [-0.4, -0.2) is 95.6 Å². The Kier molecular flexibility index (Phi) is 15.4. The molecule has 2 saturated heterocycles. The van der Waals surface area contributed by atoms with Gasteiger partial charge < -0.3 is 31.1 Å². The summed E-state index contributed by atoms with van der Waals surface area (Å²) < 4.78 is 0. The van der Waals surface area contributed by atoms with Gasteiger partial charge in [0.15, 0.2) is 0 Å². The number of piperidine rings is 1. The lowest BCUT2D eigenvalue weighted by atomic mass is 9.82. The van der Waals surface area contributed by atoms with Gasteiger partial charge in [-0.25, -0.2) is 4.79 Å². The molecule has 3 rings (SSSR count). The minimum atomic E-state index is -0.983. The van der Waals surface area contributed by atoms with Gasteiger partial charge in [-0.3, -0.25) is 24.0 Å². The molecule has 1 unspecified atom stereocenters. The molecule has 5 atom stereocenters. The summed E-state index contributed by atoms with van der Waals surface area (Å²) in [5.41, 5.74) is -0.345. The highest BCUT2D eigenvalue weighted by atomic mass is 16.2. The predicted molar refractivity (Wildman–Crippen MR) is 189 cm³/mol. The van der Waals surface area contributed by atoms with Crippen LogP contribution in [0.15, 0.2) is 0 Å². The number of amides is 6. The standard InChI is InChI=1S/C37H64N6O6/c1-8-10-18-27(32(45)34(47)38-9-2)39-33(46)31-26(24(3)4)20-22-43(31)35(48)30(25-16-12-11-13-17-25)41-36(49)40-28(37(5,6)7)23-42-21-15-14-19-29(42)44/h24-28,30-31H,8-23H2,1-7H3,(H,38,47)(H,39,46)(H2,40,41,49)/t26-,27?,28-,30+,31+/m1/s1. The van der Waals surface area contributed by atoms with Gasteiger partial charge in [0.1, 0.15) is 12.1 Å². The van der Waals surface area contributed by atoms with Gasteiger partial charge in [-0.15, -0.1) is 0 Å². The summed E-state index contributed by atoms with van der Waals surface area (Å²) in [4.78, 5) is 84.1. The molecule has 0 radical (unpaired) electrons. The molecule has 49 heavy (non-hydrogen) atoms. The number of likely N-dealkylation sites (N-methyl/N-ethyl adjacent to an activating group) is 1. The van der Waals surface area contributed by atoms with Crippen LogP contribution in [0.5, 0.6) is 0 Å². The average Bonchev–Trinajstić information content (AvgIpc) is 3.51. The molecule has 0 aromatic heterocycles. The molecule has 3 fully saturated rings. The van der Waals surface area contributed by atoms with Gasteiger partial charge in [-0.2, -0.15) is 0 Å². The number of Topliss-reactive ketones (excluding diaryl/α,β-unsaturated/α-hetero) is 1. The van der Waals surface area contributed by atoms with E-state index in [0.29, 0.717) is 51.9 Å². The van der Waals surface area contributed by atoms with Gasteiger partial charge in [-0.1, -0.05) is 73.6 Å². The fourth-order valence-electron chi connectivity index (χ4n) is 7.62. The number of unbranched alkanes of at least 4 members (excludes halogenated alkanes) is 1. The van der Waals surface area contributed by atoms with Crippen LogP contribution in [0.25, 0.3) is 0 Å². The largest absolute Gasteiger partial charge is 0.350 e. The molecule has 0 spiro atoms. The fraction of sp³-hybridized carbons (Fsp3) is 0.838. The second kappa shape index (κ2) is 18.7. The predicted octanol–water partition coefficient (Wildman–Crippen LogP) is 3.92. The zero-order chi connectivity index (χ0) is 36.3. The van der Waals surface area contributed by atoms with Crippen molar-refractivity contribution in [2.45, 2.75) is 150 Å². The van der Waals surface area contributed by atoms with Crippen molar-refractivity contribution < 1.29 is 28.8 Å². The molecule has 12 nitrogen and oxygen atoms in total. The van der Waals surface area contributed by atoms with Crippen molar-refractivity contribution in [1.29, 1.82) is 0 Å². The summed E-state index contributed by atoms with van der Waals surface area (Å²) in [7, 11) is 0. The molecule has 278 valence electrons. The second-order valence-electron chi connectivity index (χ2n) is 15.8. The van der Waals surface area contributed by atoms with Crippen LogP contribution < -0.4 is 21.3 Å². The monoisotopic (exact) mass is 688 g/mol. The summed E-state index contributed by atoms with van der Waals surface area (Å²) in [5, 5.41) is 11.6. The third-order valence-electron chi connectivity index (χ3n) is 10.7. The molecule has 4 N–H and O–H groups in total. The van der Waals surface area contributed by atoms with E-state index >= 15 is 0 Å². The van der Waals surface area contributed by atoms with Crippen LogP contribution >= 0.6 is 0 Å². The molecule has 6 amide bonds. The van der Waals surface area contributed by atoms with Gasteiger partial charge in [0.25, 0.3) is 5.91 Å². The summed E-state index contributed by atoms with van der Waals surface area (Å²) in [5.74, 6) is -2.19. The normalized spacial score (nSPS) is 22.3. The van der Waals surface area contributed by atoms with E-state index in [0.717, 1.165) is 51.4 Å². The Labute approximate surface area is 294 Å². The smallest absolute Gasteiger partial charge is 0.315 e. The minimum Gasteiger partial charge on any atom is -0.350 e. The molecule has 1 aliphatic carbocycles. The maximum absolute atomic E-state index is 14.6. The lowest BCUT2D eigenvalue weighted by molar-refractivity contribution is -0.144. The third kappa shape index (κ3) is 11.2. The molecule has 3 aliphatic rings. The Morgan fingerprint density at radius 1 is 0.878 bits per heavy atom. The molecule has 1 saturated carbocycles. The van der Waals surface area contributed by atoms with Gasteiger partial charge >= 0.3 is 6.03 Å². The number of nitrogens with one attached hydrogen (secondary N) is 4. The van der Waals surface area contributed by atoms with Crippen molar-refractivity contribution >= 4 is 35.4 Å². The van der Waals surface area contributed by atoms with Crippen LogP contribution in [0, 0.1) is 23.2 Å². The molecular weight excluding hydrogens is 624 g/mol. The molecule has 0 aromatic rings. The van der Waals surface area contributed by atoms with Crippen LogP contribution in [0.4, 0.5) is 4.79 Å². The maximum atomic E-state index is 14.6. The van der Waals surface area contributed by atoms with E-state index in [1.54, 1.807) is 11.8 Å². The van der Waals surface area contributed by atoms with Crippen LogP contribution in [0.3, 0.4) is 0 Å². The van der Waals surface area contributed by atoms with Crippen LogP contribution in [-0.2, 0) is 24.0 Å². The van der Waals surface area contributed by atoms with E-state index in [1.165, 1.54) is 0 Å². The van der Waals surface area contributed by atoms with Crippen molar-refractivity contribution in [2.75, 3.05) is 26.2 Å². The van der Waals surface area contributed by atoms with Crippen molar-refractivity contribution in [3.05, 3.63) is 0 Å². The number of carbonyl (C=O) groups excluding carboxylic acids is 6. The highest BCUT2D eigenvalue weighted by Gasteiger charge is 2.47. The Morgan fingerprint density at radius 2 is 1.57 bits per heavy atom. The lowest BCUT2D eigenvalue weighted by Gasteiger charge is -2.39. The number of nitrogens with zero attached hydrogens (tertiary/aromatic N) is 2. The van der Waals surface area contributed by atoms with E-state index in [2.05, 4.69) is 21.3 Å². The highest BCUT2D eigenvalue weighted by Crippen LogP contribution is 2.34. The zero-order valence-corrected chi connectivity index (χ0v) is 31.2. The van der Waals surface area contributed by atoms with E-state index in [1.807, 2.05) is 46.4 Å². The Balaban J connectivity index is 1.86. The van der Waals surface area contributed by atoms with Crippen molar-refractivity contribution in [2.24, 2.45) is 23.2 Å². The van der Waals surface area contributed by atoms with E-state index < -0.39 is 41.8 Å². The third-order valence-corrected chi connectivity index (χ3v) is 10.7. The first-order chi connectivity index (χ1) is 23.2. The SMILES string of the molecule is CCCCC(NC(=O)[C@@H]1[C@@H](C(C)C)CCN1C(=O)[C@@H](NC(=O)N[C@H](CN1CCCCC1=O)C(C)(C)C)C1CCCCC1)C(=O)C(=O)NCC. The minimum absolute atomic E-state index is 0.0798. The Bertz CT molecular complexity index is 1160. The van der Waals surface area contributed by atoms with Gasteiger partial charge in [-0.05, 0) is 68.6 Å². The number of urea groups is 1. The topological polar surface area (TPSA) is 157 Å². The first-order valence-corrected chi connectivity index (χ1v) is 19.0. The number of hydrogen-bond acceptors (Lipinski definition) is 6. The van der Waals surface area contributed by atoms with Gasteiger partial charge in [0, 0.05) is 32.6 Å². The summed E-state index contributed by atoms with van der Waals surface area (Å²) in [6.07, 6.45) is 9.30.